The first kappa shape index (κ1) is 19.1. The van der Waals surface area contributed by atoms with Gasteiger partial charge in [0, 0.05) is 0 Å². The minimum atomic E-state index is -4.06. The molecule has 0 saturated heterocycles. The largest absolute Gasteiger partial charge is 0.298 e. The van der Waals surface area contributed by atoms with Gasteiger partial charge >= 0.3 is 0 Å². The van der Waals surface area contributed by atoms with Crippen molar-refractivity contribution in [2.45, 2.75) is 10.5 Å². The van der Waals surface area contributed by atoms with Gasteiger partial charge in [-0.25, -0.2) is 4.18 Å². The first-order valence-corrected chi connectivity index (χ1v) is 10.7. The van der Waals surface area contributed by atoms with Gasteiger partial charge in [-0.05, 0) is 28.8 Å². The van der Waals surface area contributed by atoms with E-state index in [2.05, 4.69) is 0 Å². The molecular formula is C25H20O3S. The predicted octanol–water partition coefficient (Wildman–Crippen LogP) is 5.38. The monoisotopic (exact) mass is 400 g/mol. The maximum absolute atomic E-state index is 13.3. The van der Waals surface area contributed by atoms with Crippen molar-refractivity contribution in [2.75, 3.05) is 0 Å². The van der Waals surface area contributed by atoms with Gasteiger partial charge in [-0.15, -0.1) is 0 Å². The molecule has 3 nitrogen and oxygen atoms in total. The van der Waals surface area contributed by atoms with Crippen molar-refractivity contribution >= 4 is 10.1 Å². The molecule has 4 heteroatoms. The molecule has 0 aliphatic carbocycles. The zero-order valence-corrected chi connectivity index (χ0v) is 16.5. The molecule has 4 aromatic rings. The molecule has 0 amide bonds. The topological polar surface area (TPSA) is 43.4 Å². The molecule has 0 radical (unpaired) electrons. The Morgan fingerprint density at radius 3 is 1.14 bits per heavy atom. The van der Waals surface area contributed by atoms with Gasteiger partial charge in [0.15, 0.2) is 5.60 Å². The third kappa shape index (κ3) is 3.73. The Morgan fingerprint density at radius 1 is 0.483 bits per heavy atom. The van der Waals surface area contributed by atoms with Gasteiger partial charge in [-0.3, -0.25) is 0 Å². The van der Waals surface area contributed by atoms with E-state index >= 15 is 0 Å². The highest BCUT2D eigenvalue weighted by Gasteiger charge is 2.42. The highest BCUT2D eigenvalue weighted by atomic mass is 32.2. The molecule has 0 unspecified atom stereocenters. The maximum atomic E-state index is 13.3. The molecule has 0 saturated carbocycles. The van der Waals surface area contributed by atoms with Crippen LogP contribution in [-0.4, -0.2) is 8.42 Å². The summed E-state index contributed by atoms with van der Waals surface area (Å²) < 4.78 is 32.8. The zero-order valence-electron chi connectivity index (χ0n) is 15.7. The van der Waals surface area contributed by atoms with Gasteiger partial charge in [0.1, 0.15) is 0 Å². The summed E-state index contributed by atoms with van der Waals surface area (Å²) in [5.41, 5.74) is 0.879. The molecule has 0 heterocycles. The van der Waals surface area contributed by atoms with Crippen molar-refractivity contribution in [1.29, 1.82) is 0 Å². The summed E-state index contributed by atoms with van der Waals surface area (Å²) in [6.45, 7) is 0. The van der Waals surface area contributed by atoms with Gasteiger partial charge in [0.25, 0.3) is 10.1 Å². The Labute approximate surface area is 171 Å². The van der Waals surface area contributed by atoms with Crippen LogP contribution in [0.4, 0.5) is 0 Å². The van der Waals surface area contributed by atoms with Crippen molar-refractivity contribution < 1.29 is 12.6 Å². The van der Waals surface area contributed by atoms with Crippen molar-refractivity contribution in [2.24, 2.45) is 0 Å². The van der Waals surface area contributed by atoms with Crippen LogP contribution in [0.15, 0.2) is 126 Å². The Kier molecular flexibility index (Phi) is 5.30. The number of hydrogen-bond donors (Lipinski definition) is 0. The lowest BCUT2D eigenvalue weighted by molar-refractivity contribution is 0.164. The van der Waals surface area contributed by atoms with E-state index in [9.17, 15) is 8.42 Å². The van der Waals surface area contributed by atoms with E-state index in [-0.39, 0.29) is 4.90 Å². The fourth-order valence-electron chi connectivity index (χ4n) is 3.46. The van der Waals surface area contributed by atoms with Gasteiger partial charge in [0.05, 0.1) is 4.90 Å². The van der Waals surface area contributed by atoms with E-state index in [1.807, 2.05) is 91.0 Å². The molecular weight excluding hydrogens is 380 g/mol. The second kappa shape index (κ2) is 8.03. The molecule has 4 rings (SSSR count). The highest BCUT2D eigenvalue weighted by molar-refractivity contribution is 7.86. The van der Waals surface area contributed by atoms with Crippen LogP contribution in [0, 0.1) is 0 Å². The van der Waals surface area contributed by atoms with Crippen LogP contribution in [0.5, 0.6) is 0 Å². The van der Waals surface area contributed by atoms with E-state index in [0.29, 0.717) is 0 Å². The minimum Gasteiger partial charge on any atom is -0.245 e. The van der Waals surface area contributed by atoms with Crippen LogP contribution in [-0.2, 0) is 19.9 Å². The number of rotatable bonds is 6. The van der Waals surface area contributed by atoms with Crippen LogP contribution < -0.4 is 0 Å². The summed E-state index contributed by atoms with van der Waals surface area (Å²) in [4.78, 5) is 0.118. The predicted molar refractivity (Wildman–Crippen MR) is 114 cm³/mol. The highest BCUT2D eigenvalue weighted by Crippen LogP contribution is 2.42. The summed E-state index contributed by atoms with van der Waals surface area (Å²) in [5, 5.41) is 0. The Bertz CT molecular complexity index is 1060. The van der Waals surface area contributed by atoms with E-state index in [4.69, 9.17) is 4.18 Å². The molecule has 0 atom stereocenters. The lowest BCUT2D eigenvalue weighted by atomic mass is 9.80. The summed E-state index contributed by atoms with van der Waals surface area (Å²) in [5.74, 6) is 0. The zero-order chi connectivity index (χ0) is 20.2. The maximum Gasteiger partial charge on any atom is 0.298 e. The van der Waals surface area contributed by atoms with Gasteiger partial charge < -0.3 is 0 Å². The second-order valence-corrected chi connectivity index (χ2v) is 8.18. The molecule has 4 aromatic carbocycles. The third-order valence-electron chi connectivity index (χ3n) is 4.81. The average Bonchev–Trinajstić information content (AvgIpc) is 2.80. The Balaban J connectivity index is 2.01. The van der Waals surface area contributed by atoms with Crippen molar-refractivity contribution in [3.8, 4) is 0 Å². The summed E-state index contributed by atoms with van der Waals surface area (Å²) in [6.07, 6.45) is 0. The van der Waals surface area contributed by atoms with Crippen LogP contribution >= 0.6 is 0 Å². The molecule has 0 bridgehead atoms. The normalized spacial score (nSPS) is 11.9. The average molecular weight is 400 g/mol. The quantitative estimate of drug-likeness (QED) is 0.322. The van der Waals surface area contributed by atoms with E-state index < -0.39 is 15.7 Å². The SMILES string of the molecule is O=S(=O)(OC(c1ccccc1)(c1ccccc1)c1ccccc1)c1ccccc1. The number of benzene rings is 4. The molecule has 0 aliphatic rings. The molecule has 29 heavy (non-hydrogen) atoms. The molecule has 0 spiro atoms. The molecule has 0 N–H and O–H groups in total. The summed E-state index contributed by atoms with van der Waals surface area (Å²) >= 11 is 0. The van der Waals surface area contributed by atoms with Crippen molar-refractivity contribution in [3.05, 3.63) is 138 Å². The lowest BCUT2D eigenvalue weighted by Gasteiger charge is -2.34. The fraction of sp³-hybridized carbons (Fsp3) is 0.0400. The molecule has 0 fully saturated rings. The van der Waals surface area contributed by atoms with Crippen molar-refractivity contribution in [1.82, 2.24) is 0 Å². The Hall–Kier alpha value is -3.21. The van der Waals surface area contributed by atoms with Gasteiger partial charge in [0.2, 0.25) is 0 Å². The van der Waals surface area contributed by atoms with Gasteiger partial charge in [-0.2, -0.15) is 8.42 Å². The number of hydrogen-bond acceptors (Lipinski definition) is 3. The molecule has 0 aliphatic heterocycles. The molecule has 0 aromatic heterocycles. The van der Waals surface area contributed by atoms with Crippen LogP contribution in [0.2, 0.25) is 0 Å². The third-order valence-corrected chi connectivity index (χ3v) is 6.13. The second-order valence-electron chi connectivity index (χ2n) is 6.63. The Morgan fingerprint density at radius 2 is 0.793 bits per heavy atom. The first-order valence-electron chi connectivity index (χ1n) is 9.30. The fourth-order valence-corrected chi connectivity index (χ4v) is 4.67. The van der Waals surface area contributed by atoms with E-state index in [1.54, 1.807) is 30.3 Å². The summed E-state index contributed by atoms with van der Waals surface area (Å²) in [7, 11) is -4.06. The first-order chi connectivity index (χ1) is 14.1. The summed E-state index contributed by atoms with van der Waals surface area (Å²) in [6, 6.07) is 36.6. The standard InChI is InChI=1S/C25H20O3S/c26-29(27,24-19-11-4-12-20-24)28-25(21-13-5-1-6-14-21,22-15-7-2-8-16-22)23-17-9-3-10-18-23/h1-20H. The van der Waals surface area contributed by atoms with Crippen molar-refractivity contribution in [3.63, 3.8) is 0 Å². The van der Waals surface area contributed by atoms with Gasteiger partial charge in [-0.1, -0.05) is 109 Å². The van der Waals surface area contributed by atoms with Crippen LogP contribution in [0.3, 0.4) is 0 Å². The molecule has 144 valence electrons. The van der Waals surface area contributed by atoms with Crippen LogP contribution in [0.1, 0.15) is 16.7 Å². The lowest BCUT2D eigenvalue weighted by Crippen LogP contribution is -2.35. The van der Waals surface area contributed by atoms with E-state index in [0.717, 1.165) is 16.7 Å². The minimum absolute atomic E-state index is 0.118. The van der Waals surface area contributed by atoms with Crippen LogP contribution in [0.25, 0.3) is 0 Å². The smallest absolute Gasteiger partial charge is 0.245 e. The van der Waals surface area contributed by atoms with E-state index in [1.165, 1.54) is 0 Å².